The van der Waals surface area contributed by atoms with Gasteiger partial charge in [-0.2, -0.15) is 8.78 Å². The fourth-order valence-corrected chi connectivity index (χ4v) is 1.89. The van der Waals surface area contributed by atoms with Crippen molar-refractivity contribution in [2.75, 3.05) is 11.3 Å². The van der Waals surface area contributed by atoms with Gasteiger partial charge >= 0.3 is 11.8 Å². The molecule has 17 heavy (non-hydrogen) atoms. The van der Waals surface area contributed by atoms with Crippen LogP contribution in [0.2, 0.25) is 0 Å². The van der Waals surface area contributed by atoms with Crippen LogP contribution in [0, 0.1) is 0 Å². The van der Waals surface area contributed by atoms with E-state index in [0.29, 0.717) is 0 Å². The molecule has 0 saturated carbocycles. The molecule has 7 nitrogen and oxygen atoms in total. The van der Waals surface area contributed by atoms with Crippen molar-refractivity contribution in [3.05, 3.63) is 5.89 Å². The average Bonchev–Trinajstić information content (AvgIpc) is 2.85. The molecule has 0 spiro atoms. The molecule has 0 aliphatic carbocycles. The Bertz CT molecular complexity index is 483. The van der Waals surface area contributed by atoms with Crippen LogP contribution < -0.4 is 10.0 Å². The molecule has 1 saturated heterocycles. The number of hydrogen-bond donors (Lipinski definition) is 2. The van der Waals surface area contributed by atoms with E-state index < -0.39 is 21.8 Å². The highest BCUT2D eigenvalue weighted by Crippen LogP contribution is 2.23. The minimum atomic E-state index is -4.76. The van der Waals surface area contributed by atoms with Gasteiger partial charge in [0.15, 0.2) is 0 Å². The first kappa shape index (κ1) is 12.2. The Labute approximate surface area is 95.6 Å². The molecular weight excluding hydrogens is 258 g/mol. The quantitative estimate of drug-likeness (QED) is 0.823. The van der Waals surface area contributed by atoms with Gasteiger partial charge < -0.3 is 9.73 Å². The molecular formula is C7H10F2N4O3S. The lowest BCUT2D eigenvalue weighted by molar-refractivity contribution is 0.235. The second kappa shape index (κ2) is 4.53. The van der Waals surface area contributed by atoms with E-state index in [0.717, 1.165) is 19.4 Å². The number of nitrogens with zero attached hydrogens (tertiary/aromatic N) is 2. The first-order valence-corrected chi connectivity index (χ1v) is 6.40. The van der Waals surface area contributed by atoms with E-state index in [1.165, 1.54) is 4.72 Å². The number of halogens is 2. The van der Waals surface area contributed by atoms with Gasteiger partial charge in [-0.25, -0.2) is 13.1 Å². The fourth-order valence-electron chi connectivity index (χ4n) is 1.48. The van der Waals surface area contributed by atoms with Gasteiger partial charge in [0.2, 0.25) is 5.89 Å². The van der Waals surface area contributed by atoms with Crippen molar-refractivity contribution in [2.45, 2.75) is 24.6 Å². The van der Waals surface area contributed by atoms with Gasteiger partial charge in [-0.1, -0.05) is 5.10 Å². The molecule has 1 aromatic rings. The van der Waals surface area contributed by atoms with E-state index >= 15 is 0 Å². The molecule has 1 unspecified atom stereocenters. The van der Waals surface area contributed by atoms with Crippen molar-refractivity contribution in [3.63, 3.8) is 0 Å². The molecule has 2 N–H and O–H groups in total. The van der Waals surface area contributed by atoms with Crippen LogP contribution in [-0.4, -0.2) is 30.9 Å². The normalized spacial score (nSPS) is 21.0. The van der Waals surface area contributed by atoms with Crippen molar-refractivity contribution < 1.29 is 21.6 Å². The third kappa shape index (κ3) is 2.69. The summed E-state index contributed by atoms with van der Waals surface area (Å²) in [6, 6.07) is -0.693. The van der Waals surface area contributed by atoms with E-state index in [-0.39, 0.29) is 11.9 Å². The summed E-state index contributed by atoms with van der Waals surface area (Å²) in [5, 5.41) is 9.99. The molecule has 1 fully saturated rings. The lowest BCUT2D eigenvalue weighted by Crippen LogP contribution is -2.20. The maximum absolute atomic E-state index is 12.1. The lowest BCUT2D eigenvalue weighted by atomic mass is 10.2. The minimum absolute atomic E-state index is 0.146. The van der Waals surface area contributed by atoms with Gasteiger partial charge in [0.05, 0.1) is 6.04 Å². The Morgan fingerprint density at radius 2 is 2.24 bits per heavy atom. The Balaban J connectivity index is 2.08. The van der Waals surface area contributed by atoms with Crippen molar-refractivity contribution in [1.82, 2.24) is 15.5 Å². The molecule has 1 aromatic heterocycles. The highest BCUT2D eigenvalue weighted by atomic mass is 32.2. The Morgan fingerprint density at radius 1 is 1.47 bits per heavy atom. The zero-order chi connectivity index (χ0) is 12.5. The summed E-state index contributed by atoms with van der Waals surface area (Å²) in [5.74, 6) is -3.35. The van der Waals surface area contributed by atoms with Crippen LogP contribution >= 0.6 is 0 Å². The number of hydrogen-bond acceptors (Lipinski definition) is 6. The largest absolute Gasteiger partial charge is 0.406 e. The Hall–Kier alpha value is -1.29. The predicted molar refractivity (Wildman–Crippen MR) is 52.8 cm³/mol. The van der Waals surface area contributed by atoms with Crippen LogP contribution in [0.3, 0.4) is 0 Å². The summed E-state index contributed by atoms with van der Waals surface area (Å²) in [6.45, 7) is 0.797. The molecule has 0 aromatic carbocycles. The second-order valence-electron chi connectivity index (χ2n) is 3.50. The zero-order valence-electron chi connectivity index (χ0n) is 8.56. The number of alkyl halides is 2. The first-order chi connectivity index (χ1) is 7.99. The van der Waals surface area contributed by atoms with Crippen LogP contribution in [0.15, 0.2) is 4.42 Å². The van der Waals surface area contributed by atoms with E-state index in [4.69, 9.17) is 4.42 Å². The molecule has 1 aliphatic heterocycles. The van der Waals surface area contributed by atoms with Crippen LogP contribution in [-0.2, 0) is 10.0 Å². The first-order valence-electron chi connectivity index (χ1n) is 4.85. The summed E-state index contributed by atoms with van der Waals surface area (Å²) >= 11 is 0. The SMILES string of the molecule is O=S(=O)(Nc1nnc(C2CCCN2)o1)C(F)F. The third-order valence-corrected chi connectivity index (χ3v) is 3.19. The lowest BCUT2D eigenvalue weighted by Gasteiger charge is -2.03. The highest BCUT2D eigenvalue weighted by Gasteiger charge is 2.27. The molecule has 0 radical (unpaired) electrons. The highest BCUT2D eigenvalue weighted by molar-refractivity contribution is 7.92. The number of aromatic nitrogens is 2. The number of anilines is 1. The molecule has 0 amide bonds. The number of rotatable bonds is 4. The number of nitrogens with one attached hydrogen (secondary N) is 2. The van der Waals surface area contributed by atoms with Crippen LogP contribution in [0.5, 0.6) is 0 Å². The maximum atomic E-state index is 12.1. The average molecular weight is 268 g/mol. The molecule has 96 valence electrons. The van der Waals surface area contributed by atoms with Crippen LogP contribution in [0.1, 0.15) is 24.8 Å². The zero-order valence-corrected chi connectivity index (χ0v) is 9.38. The third-order valence-electron chi connectivity index (χ3n) is 2.26. The molecule has 0 bridgehead atoms. The molecule has 1 aliphatic rings. The van der Waals surface area contributed by atoms with Gasteiger partial charge in [-0.15, -0.1) is 5.10 Å². The summed E-state index contributed by atoms with van der Waals surface area (Å²) in [4.78, 5) is 0. The van der Waals surface area contributed by atoms with E-state index in [9.17, 15) is 17.2 Å². The Morgan fingerprint density at radius 3 is 2.82 bits per heavy atom. The van der Waals surface area contributed by atoms with Gasteiger partial charge in [0.1, 0.15) is 0 Å². The topological polar surface area (TPSA) is 97.1 Å². The fraction of sp³-hybridized carbons (Fsp3) is 0.714. The van der Waals surface area contributed by atoms with Crippen LogP contribution in [0.25, 0.3) is 0 Å². The Kier molecular flexibility index (Phi) is 3.24. The number of sulfonamides is 1. The van der Waals surface area contributed by atoms with Gasteiger partial charge in [-0.3, -0.25) is 0 Å². The summed E-state index contributed by atoms with van der Waals surface area (Å²) in [5.41, 5.74) is 0. The summed E-state index contributed by atoms with van der Waals surface area (Å²) < 4.78 is 52.2. The second-order valence-corrected chi connectivity index (χ2v) is 5.15. The van der Waals surface area contributed by atoms with Crippen LogP contribution in [0.4, 0.5) is 14.8 Å². The summed E-state index contributed by atoms with van der Waals surface area (Å²) in [7, 11) is -4.76. The standard InChI is InChI=1S/C7H10F2N4O3S/c8-6(9)17(14,15)13-7-12-11-5(16-7)4-2-1-3-10-4/h4,6,10H,1-3H2,(H,12,13). The van der Waals surface area contributed by atoms with Crippen molar-refractivity contribution in [3.8, 4) is 0 Å². The van der Waals surface area contributed by atoms with E-state index in [1.54, 1.807) is 0 Å². The predicted octanol–water partition coefficient (Wildman–Crippen LogP) is 0.458. The maximum Gasteiger partial charge on any atom is 0.355 e. The summed E-state index contributed by atoms with van der Waals surface area (Å²) in [6.07, 6.45) is 1.72. The van der Waals surface area contributed by atoms with Crippen molar-refractivity contribution in [2.24, 2.45) is 0 Å². The molecule has 10 heteroatoms. The van der Waals surface area contributed by atoms with Gasteiger partial charge in [0, 0.05) is 0 Å². The van der Waals surface area contributed by atoms with Crippen molar-refractivity contribution >= 4 is 16.0 Å². The molecule has 1 atom stereocenters. The minimum Gasteiger partial charge on any atom is -0.406 e. The van der Waals surface area contributed by atoms with E-state index in [2.05, 4.69) is 15.5 Å². The monoisotopic (exact) mass is 268 g/mol. The van der Waals surface area contributed by atoms with Gasteiger partial charge in [-0.05, 0) is 19.4 Å². The smallest absolute Gasteiger partial charge is 0.355 e. The van der Waals surface area contributed by atoms with E-state index in [1.807, 2.05) is 0 Å². The van der Waals surface area contributed by atoms with Gasteiger partial charge in [0.25, 0.3) is 10.0 Å². The molecule has 2 rings (SSSR count). The molecule has 2 heterocycles. The van der Waals surface area contributed by atoms with Crippen molar-refractivity contribution in [1.29, 1.82) is 0 Å².